The number of benzene rings is 1. The summed E-state index contributed by atoms with van der Waals surface area (Å²) in [5.41, 5.74) is 0.174. The monoisotopic (exact) mass is 300 g/mol. The highest BCUT2D eigenvalue weighted by molar-refractivity contribution is 7.99. The van der Waals surface area contributed by atoms with Gasteiger partial charge in [-0.15, -0.1) is 0 Å². The van der Waals surface area contributed by atoms with Gasteiger partial charge in [0.25, 0.3) is 0 Å². The second-order valence-corrected chi connectivity index (χ2v) is 7.39. The number of hydrogen-bond acceptors (Lipinski definition) is 3. The van der Waals surface area contributed by atoms with E-state index in [9.17, 15) is 5.11 Å². The van der Waals surface area contributed by atoms with E-state index < -0.39 is 5.60 Å². The van der Waals surface area contributed by atoms with Gasteiger partial charge in [0.1, 0.15) is 5.75 Å². The van der Waals surface area contributed by atoms with Gasteiger partial charge in [-0.3, -0.25) is 0 Å². The Morgan fingerprint density at radius 1 is 1.42 bits per heavy atom. The SMILES string of the molecule is COc1ccc(Cl)cc1CC1(O)CSCCC1(C)C. The van der Waals surface area contributed by atoms with Crippen LogP contribution in [0, 0.1) is 5.41 Å². The Bertz CT molecular complexity index is 461. The molecule has 1 aliphatic heterocycles. The van der Waals surface area contributed by atoms with Crippen molar-refractivity contribution in [2.75, 3.05) is 18.6 Å². The molecule has 2 rings (SSSR count). The molecular formula is C15H21ClO2S. The van der Waals surface area contributed by atoms with Crippen molar-refractivity contribution in [1.82, 2.24) is 0 Å². The quantitative estimate of drug-likeness (QED) is 0.921. The van der Waals surface area contributed by atoms with E-state index in [1.54, 1.807) is 7.11 Å². The molecular weight excluding hydrogens is 280 g/mol. The maximum absolute atomic E-state index is 11.0. The number of aliphatic hydroxyl groups is 1. The maximum Gasteiger partial charge on any atom is 0.122 e. The van der Waals surface area contributed by atoms with Crippen molar-refractivity contribution in [3.63, 3.8) is 0 Å². The van der Waals surface area contributed by atoms with Crippen LogP contribution in [-0.4, -0.2) is 29.3 Å². The van der Waals surface area contributed by atoms with Crippen LogP contribution < -0.4 is 4.74 Å². The van der Waals surface area contributed by atoms with Gasteiger partial charge >= 0.3 is 0 Å². The summed E-state index contributed by atoms with van der Waals surface area (Å²) in [4.78, 5) is 0. The van der Waals surface area contributed by atoms with Crippen LogP contribution in [0.3, 0.4) is 0 Å². The molecule has 106 valence electrons. The van der Waals surface area contributed by atoms with E-state index in [0.29, 0.717) is 11.4 Å². The molecule has 1 N–H and O–H groups in total. The second-order valence-electron chi connectivity index (χ2n) is 5.85. The largest absolute Gasteiger partial charge is 0.496 e. The van der Waals surface area contributed by atoms with Gasteiger partial charge in [-0.25, -0.2) is 0 Å². The zero-order valence-electron chi connectivity index (χ0n) is 11.7. The average molecular weight is 301 g/mol. The Labute approximate surface area is 124 Å². The van der Waals surface area contributed by atoms with Crippen LogP contribution in [0.25, 0.3) is 0 Å². The molecule has 0 radical (unpaired) electrons. The molecule has 0 aliphatic carbocycles. The van der Waals surface area contributed by atoms with Gasteiger partial charge in [0, 0.05) is 17.2 Å². The molecule has 1 saturated heterocycles. The van der Waals surface area contributed by atoms with Gasteiger partial charge in [0.05, 0.1) is 12.7 Å². The molecule has 0 aromatic heterocycles. The molecule has 0 spiro atoms. The predicted molar refractivity (Wildman–Crippen MR) is 82.4 cm³/mol. The van der Waals surface area contributed by atoms with Crippen LogP contribution in [0.5, 0.6) is 5.75 Å². The standard InChI is InChI=1S/C15H21ClO2S/c1-14(2)6-7-19-10-15(14,17)9-11-8-12(16)4-5-13(11)18-3/h4-5,8,17H,6-7,9-10H2,1-3H3. The zero-order chi connectivity index (χ0) is 14.1. The smallest absolute Gasteiger partial charge is 0.122 e. The van der Waals surface area contributed by atoms with Crippen molar-refractivity contribution >= 4 is 23.4 Å². The highest BCUT2D eigenvalue weighted by atomic mass is 35.5. The summed E-state index contributed by atoms with van der Waals surface area (Å²) in [7, 11) is 1.65. The third-order valence-electron chi connectivity index (χ3n) is 4.20. The average Bonchev–Trinajstić information content (AvgIpc) is 2.33. The van der Waals surface area contributed by atoms with E-state index in [1.807, 2.05) is 30.0 Å². The fourth-order valence-corrected chi connectivity index (χ4v) is 4.31. The van der Waals surface area contributed by atoms with Crippen molar-refractivity contribution in [3.8, 4) is 5.75 Å². The Hall–Kier alpha value is -0.380. The van der Waals surface area contributed by atoms with Gasteiger partial charge in [-0.05, 0) is 41.4 Å². The van der Waals surface area contributed by atoms with Crippen LogP contribution in [0.4, 0.5) is 0 Å². The summed E-state index contributed by atoms with van der Waals surface area (Å²) in [5, 5.41) is 11.7. The summed E-state index contributed by atoms with van der Waals surface area (Å²) < 4.78 is 5.38. The Balaban J connectivity index is 2.31. The van der Waals surface area contributed by atoms with E-state index in [4.69, 9.17) is 16.3 Å². The lowest BCUT2D eigenvalue weighted by Gasteiger charge is -2.46. The summed E-state index contributed by atoms with van der Waals surface area (Å²) in [6.07, 6.45) is 1.60. The lowest BCUT2D eigenvalue weighted by Crippen LogP contribution is -2.51. The lowest BCUT2D eigenvalue weighted by molar-refractivity contribution is -0.0516. The predicted octanol–water partition coefficient (Wildman–Crippen LogP) is 3.79. The molecule has 0 bridgehead atoms. The Morgan fingerprint density at radius 2 is 2.16 bits per heavy atom. The summed E-state index contributed by atoms with van der Waals surface area (Å²) in [5.74, 6) is 2.67. The molecule has 1 aromatic carbocycles. The molecule has 0 amide bonds. The summed E-state index contributed by atoms with van der Waals surface area (Å²) >= 11 is 7.88. The third-order valence-corrected chi connectivity index (χ3v) is 5.61. The summed E-state index contributed by atoms with van der Waals surface area (Å²) in [6, 6.07) is 5.58. The normalized spacial score (nSPS) is 26.2. The lowest BCUT2D eigenvalue weighted by atomic mass is 9.70. The van der Waals surface area contributed by atoms with Crippen LogP contribution in [0.2, 0.25) is 5.02 Å². The first-order valence-corrected chi connectivity index (χ1v) is 8.04. The first-order chi connectivity index (χ1) is 8.88. The second kappa shape index (κ2) is 5.55. The van der Waals surface area contributed by atoms with Crippen molar-refractivity contribution in [2.45, 2.75) is 32.3 Å². The molecule has 1 unspecified atom stereocenters. The highest BCUT2D eigenvalue weighted by Crippen LogP contribution is 2.45. The van der Waals surface area contributed by atoms with E-state index in [-0.39, 0.29) is 5.41 Å². The number of rotatable bonds is 3. The molecule has 1 heterocycles. The van der Waals surface area contributed by atoms with Gasteiger partial charge < -0.3 is 9.84 Å². The molecule has 19 heavy (non-hydrogen) atoms. The third kappa shape index (κ3) is 3.04. The van der Waals surface area contributed by atoms with Gasteiger partial charge in [-0.1, -0.05) is 25.4 Å². The summed E-state index contributed by atoms with van der Waals surface area (Å²) in [6.45, 7) is 4.29. The van der Waals surface area contributed by atoms with Crippen molar-refractivity contribution < 1.29 is 9.84 Å². The van der Waals surface area contributed by atoms with Gasteiger partial charge in [0.2, 0.25) is 0 Å². The molecule has 1 fully saturated rings. The van der Waals surface area contributed by atoms with Crippen LogP contribution in [-0.2, 0) is 6.42 Å². The first kappa shape index (κ1) is 15.0. The molecule has 2 nitrogen and oxygen atoms in total. The molecule has 0 saturated carbocycles. The van der Waals surface area contributed by atoms with Gasteiger partial charge in [-0.2, -0.15) is 11.8 Å². The van der Waals surface area contributed by atoms with E-state index >= 15 is 0 Å². The van der Waals surface area contributed by atoms with Gasteiger partial charge in [0.15, 0.2) is 0 Å². The minimum atomic E-state index is -0.714. The number of methoxy groups -OCH3 is 1. The van der Waals surface area contributed by atoms with E-state index in [0.717, 1.165) is 29.2 Å². The molecule has 1 aliphatic rings. The van der Waals surface area contributed by atoms with Crippen molar-refractivity contribution in [1.29, 1.82) is 0 Å². The van der Waals surface area contributed by atoms with Crippen LogP contribution in [0.1, 0.15) is 25.8 Å². The minimum absolute atomic E-state index is 0.0917. The fraction of sp³-hybridized carbons (Fsp3) is 0.600. The topological polar surface area (TPSA) is 29.5 Å². The number of thioether (sulfide) groups is 1. The highest BCUT2D eigenvalue weighted by Gasteiger charge is 2.45. The number of hydrogen-bond donors (Lipinski definition) is 1. The molecule has 1 aromatic rings. The maximum atomic E-state index is 11.0. The minimum Gasteiger partial charge on any atom is -0.496 e. The zero-order valence-corrected chi connectivity index (χ0v) is 13.3. The van der Waals surface area contributed by atoms with E-state index in [1.165, 1.54) is 0 Å². The Morgan fingerprint density at radius 3 is 2.79 bits per heavy atom. The van der Waals surface area contributed by atoms with Crippen molar-refractivity contribution in [2.24, 2.45) is 5.41 Å². The fourth-order valence-electron chi connectivity index (χ4n) is 2.49. The van der Waals surface area contributed by atoms with Crippen molar-refractivity contribution in [3.05, 3.63) is 28.8 Å². The van der Waals surface area contributed by atoms with Crippen LogP contribution >= 0.6 is 23.4 Å². The molecule has 1 atom stereocenters. The number of ether oxygens (including phenoxy) is 1. The Kier molecular flexibility index (Phi) is 4.38. The number of halogens is 1. The van der Waals surface area contributed by atoms with Crippen LogP contribution in [0.15, 0.2) is 18.2 Å². The first-order valence-electron chi connectivity index (χ1n) is 6.50. The molecule has 4 heteroatoms. The van der Waals surface area contributed by atoms with E-state index in [2.05, 4.69) is 13.8 Å².